The zero-order valence-corrected chi connectivity index (χ0v) is 16.3. The van der Waals surface area contributed by atoms with Crippen molar-refractivity contribution in [2.45, 2.75) is 37.9 Å². The standard InChI is InChI=1S/C20H25N3O3S/c1-14-21-17(12-27-14)15-4-2-5-16(10-15)22-19(25)11-23-8-6-18(24)20(13-23)7-3-9-26-20/h2,4-5,10,12,18,24H,3,6-9,11,13H2,1H3,(H,22,25)/t18-,20-/m0/s1. The predicted octanol–water partition coefficient (Wildman–Crippen LogP) is 2.67. The number of aryl methyl sites for hydroxylation is 1. The number of carbonyl (C=O) groups is 1. The summed E-state index contributed by atoms with van der Waals surface area (Å²) in [4.78, 5) is 19.1. The van der Waals surface area contributed by atoms with Gasteiger partial charge in [-0.3, -0.25) is 9.69 Å². The molecule has 0 bridgehead atoms. The van der Waals surface area contributed by atoms with Gasteiger partial charge in [-0.2, -0.15) is 0 Å². The first kappa shape index (κ1) is 18.6. The second-order valence-electron chi connectivity index (χ2n) is 7.41. The molecule has 1 amide bonds. The number of aliphatic hydroxyl groups excluding tert-OH is 1. The molecule has 144 valence electrons. The van der Waals surface area contributed by atoms with E-state index in [1.807, 2.05) is 36.6 Å². The van der Waals surface area contributed by atoms with Gasteiger partial charge in [-0.05, 0) is 38.3 Å². The van der Waals surface area contributed by atoms with Crippen LogP contribution in [0.4, 0.5) is 5.69 Å². The molecule has 7 heteroatoms. The van der Waals surface area contributed by atoms with Crippen LogP contribution in [0.1, 0.15) is 24.3 Å². The van der Waals surface area contributed by atoms with Crippen molar-refractivity contribution >= 4 is 22.9 Å². The molecule has 0 radical (unpaired) electrons. The van der Waals surface area contributed by atoms with Gasteiger partial charge in [0.25, 0.3) is 0 Å². The average Bonchev–Trinajstić information content (AvgIpc) is 3.28. The van der Waals surface area contributed by atoms with Gasteiger partial charge < -0.3 is 15.2 Å². The zero-order valence-electron chi connectivity index (χ0n) is 15.5. The third kappa shape index (κ3) is 4.06. The van der Waals surface area contributed by atoms with Gasteiger partial charge in [-0.15, -0.1) is 11.3 Å². The normalized spacial score (nSPS) is 25.8. The van der Waals surface area contributed by atoms with E-state index < -0.39 is 11.7 Å². The number of hydrogen-bond donors (Lipinski definition) is 2. The lowest BCUT2D eigenvalue weighted by atomic mass is 9.87. The van der Waals surface area contributed by atoms with Gasteiger partial charge in [-0.1, -0.05) is 12.1 Å². The smallest absolute Gasteiger partial charge is 0.238 e. The number of ether oxygens (including phenoxy) is 1. The fraction of sp³-hybridized carbons (Fsp3) is 0.500. The van der Waals surface area contributed by atoms with E-state index in [4.69, 9.17) is 4.74 Å². The van der Waals surface area contributed by atoms with Crippen LogP contribution in [0.2, 0.25) is 0 Å². The highest BCUT2D eigenvalue weighted by atomic mass is 32.1. The van der Waals surface area contributed by atoms with E-state index in [0.29, 0.717) is 32.7 Å². The van der Waals surface area contributed by atoms with Gasteiger partial charge >= 0.3 is 0 Å². The van der Waals surface area contributed by atoms with E-state index >= 15 is 0 Å². The summed E-state index contributed by atoms with van der Waals surface area (Å²) < 4.78 is 5.86. The van der Waals surface area contributed by atoms with Crippen LogP contribution in [0.25, 0.3) is 11.3 Å². The molecule has 2 aromatic rings. The number of aliphatic hydroxyl groups is 1. The molecule has 0 unspecified atom stereocenters. The molecule has 0 aliphatic carbocycles. The lowest BCUT2D eigenvalue weighted by molar-refractivity contribution is -0.137. The highest BCUT2D eigenvalue weighted by molar-refractivity contribution is 7.09. The summed E-state index contributed by atoms with van der Waals surface area (Å²) in [5.74, 6) is -0.0499. The van der Waals surface area contributed by atoms with Crippen molar-refractivity contribution in [2.75, 3.05) is 31.6 Å². The zero-order chi connectivity index (χ0) is 18.9. The number of rotatable bonds is 4. The Morgan fingerprint density at radius 1 is 1.52 bits per heavy atom. The van der Waals surface area contributed by atoms with Crippen LogP contribution in [-0.4, -0.2) is 58.8 Å². The fourth-order valence-corrected chi connectivity index (χ4v) is 4.65. The van der Waals surface area contributed by atoms with Gasteiger partial charge in [0.15, 0.2) is 0 Å². The number of aromatic nitrogens is 1. The number of amides is 1. The molecule has 3 heterocycles. The predicted molar refractivity (Wildman–Crippen MR) is 106 cm³/mol. The van der Waals surface area contributed by atoms with Crippen LogP contribution in [0.15, 0.2) is 29.6 Å². The summed E-state index contributed by atoms with van der Waals surface area (Å²) in [5, 5.41) is 16.4. The molecule has 2 N–H and O–H groups in total. The third-order valence-electron chi connectivity index (χ3n) is 5.38. The molecule has 2 fully saturated rings. The second-order valence-corrected chi connectivity index (χ2v) is 8.47. The van der Waals surface area contributed by atoms with Gasteiger partial charge in [0.2, 0.25) is 5.91 Å². The molecule has 6 nitrogen and oxygen atoms in total. The van der Waals surface area contributed by atoms with Crippen LogP contribution in [-0.2, 0) is 9.53 Å². The van der Waals surface area contributed by atoms with Gasteiger partial charge in [0.05, 0.1) is 23.4 Å². The molecule has 4 rings (SSSR count). The number of nitrogens with one attached hydrogen (secondary N) is 1. The van der Waals surface area contributed by atoms with E-state index in [2.05, 4.69) is 15.2 Å². The Kier molecular flexibility index (Phi) is 5.27. The number of thiazole rings is 1. The van der Waals surface area contributed by atoms with E-state index in [1.165, 1.54) is 0 Å². The Balaban J connectivity index is 1.38. The number of anilines is 1. The fourth-order valence-electron chi connectivity index (χ4n) is 4.03. The van der Waals surface area contributed by atoms with Gasteiger partial charge in [-0.25, -0.2) is 4.98 Å². The molecular formula is C20H25N3O3S. The van der Waals surface area contributed by atoms with Crippen molar-refractivity contribution in [1.29, 1.82) is 0 Å². The minimum atomic E-state index is -0.485. The lowest BCUT2D eigenvalue weighted by Crippen LogP contribution is -2.57. The molecule has 2 aliphatic rings. The van der Waals surface area contributed by atoms with Crippen LogP contribution >= 0.6 is 11.3 Å². The van der Waals surface area contributed by atoms with Crippen LogP contribution in [0.3, 0.4) is 0 Å². The molecule has 1 spiro atoms. The van der Waals surface area contributed by atoms with Crippen molar-refractivity contribution in [1.82, 2.24) is 9.88 Å². The quantitative estimate of drug-likeness (QED) is 0.844. The van der Waals surface area contributed by atoms with Gasteiger partial charge in [0, 0.05) is 36.3 Å². The minimum absolute atomic E-state index is 0.0499. The van der Waals surface area contributed by atoms with E-state index in [9.17, 15) is 9.90 Å². The molecule has 1 aromatic carbocycles. The molecule has 27 heavy (non-hydrogen) atoms. The Morgan fingerprint density at radius 3 is 3.15 bits per heavy atom. The summed E-state index contributed by atoms with van der Waals surface area (Å²) in [5.41, 5.74) is 2.21. The van der Waals surface area contributed by atoms with Crippen LogP contribution < -0.4 is 5.32 Å². The largest absolute Gasteiger partial charge is 0.390 e. The van der Waals surface area contributed by atoms with E-state index in [1.54, 1.807) is 11.3 Å². The Bertz CT molecular complexity index is 816. The van der Waals surface area contributed by atoms with E-state index in [0.717, 1.165) is 34.8 Å². The summed E-state index contributed by atoms with van der Waals surface area (Å²) >= 11 is 1.61. The monoisotopic (exact) mass is 387 g/mol. The van der Waals surface area contributed by atoms with Crippen molar-refractivity contribution in [3.63, 3.8) is 0 Å². The van der Waals surface area contributed by atoms with Crippen molar-refractivity contribution in [3.8, 4) is 11.3 Å². The minimum Gasteiger partial charge on any atom is -0.390 e. The number of piperidine rings is 1. The highest BCUT2D eigenvalue weighted by Crippen LogP contribution is 2.34. The Hall–Kier alpha value is -1.80. The number of likely N-dealkylation sites (tertiary alicyclic amines) is 1. The molecular weight excluding hydrogens is 362 g/mol. The topological polar surface area (TPSA) is 74.7 Å². The number of carbonyl (C=O) groups excluding carboxylic acids is 1. The van der Waals surface area contributed by atoms with Crippen LogP contribution in [0, 0.1) is 6.92 Å². The lowest BCUT2D eigenvalue weighted by Gasteiger charge is -2.42. The first-order chi connectivity index (χ1) is 13.0. The average molecular weight is 388 g/mol. The highest BCUT2D eigenvalue weighted by Gasteiger charge is 2.46. The number of nitrogens with zero attached hydrogens (tertiary/aromatic N) is 2. The number of hydrogen-bond acceptors (Lipinski definition) is 6. The van der Waals surface area contributed by atoms with Crippen molar-refractivity contribution in [2.24, 2.45) is 0 Å². The second kappa shape index (κ2) is 7.67. The van der Waals surface area contributed by atoms with Crippen LogP contribution in [0.5, 0.6) is 0 Å². The summed E-state index contributed by atoms with van der Waals surface area (Å²) in [6.45, 7) is 4.30. The Labute approximate surface area is 163 Å². The molecule has 2 aliphatic heterocycles. The van der Waals surface area contributed by atoms with E-state index in [-0.39, 0.29) is 5.91 Å². The maximum absolute atomic E-state index is 12.5. The maximum atomic E-state index is 12.5. The van der Waals surface area contributed by atoms with Crippen molar-refractivity contribution in [3.05, 3.63) is 34.7 Å². The molecule has 0 saturated carbocycles. The summed E-state index contributed by atoms with van der Waals surface area (Å²) in [6.07, 6.45) is 2.05. The third-order valence-corrected chi connectivity index (χ3v) is 6.15. The number of benzene rings is 1. The maximum Gasteiger partial charge on any atom is 0.238 e. The van der Waals surface area contributed by atoms with Crippen molar-refractivity contribution < 1.29 is 14.6 Å². The first-order valence-corrected chi connectivity index (χ1v) is 10.3. The summed E-state index contributed by atoms with van der Waals surface area (Å²) in [7, 11) is 0. The summed E-state index contributed by atoms with van der Waals surface area (Å²) in [6, 6.07) is 7.77. The Morgan fingerprint density at radius 2 is 2.41 bits per heavy atom. The molecule has 2 atom stereocenters. The SMILES string of the molecule is Cc1nc(-c2cccc(NC(=O)CN3CC[C@H](O)[C@]4(CCCO4)C3)c2)cs1. The van der Waals surface area contributed by atoms with Gasteiger partial charge in [0.1, 0.15) is 5.60 Å². The molecule has 1 aromatic heterocycles. The first-order valence-electron chi connectivity index (χ1n) is 9.41. The molecule has 2 saturated heterocycles.